The van der Waals surface area contributed by atoms with Crippen molar-refractivity contribution in [2.24, 2.45) is 10.3 Å². The number of unbranched alkanes of at least 4 members (excludes halogenated alkanes) is 2. The van der Waals surface area contributed by atoms with Crippen LogP contribution in [-0.4, -0.2) is 30.0 Å². The van der Waals surface area contributed by atoms with Gasteiger partial charge in [0.2, 0.25) is 0 Å². The number of carbonyl (C=O) groups is 2. The molecule has 0 saturated carbocycles. The number of rotatable bonds is 4. The Bertz CT molecular complexity index is 257. The van der Waals surface area contributed by atoms with E-state index in [0.717, 1.165) is 24.3 Å². The standard InChI is InChI=1S/C8H14N4O2.H2S/c1-2-3-4-5-9-8(14)12-7(13)6-10-11-12;/h2-6H2,1H3,(H,9,14);1H2. The lowest BCUT2D eigenvalue weighted by atomic mass is 10.2. The lowest BCUT2D eigenvalue weighted by molar-refractivity contribution is -0.125. The molecule has 0 fully saturated rings. The third-order valence-electron chi connectivity index (χ3n) is 1.84. The minimum absolute atomic E-state index is 0. The Labute approximate surface area is 95.5 Å². The van der Waals surface area contributed by atoms with Gasteiger partial charge in [-0.05, 0) is 6.42 Å². The molecule has 1 aliphatic heterocycles. The molecule has 0 aromatic carbocycles. The summed E-state index contributed by atoms with van der Waals surface area (Å²) in [6.07, 6.45) is 3.08. The van der Waals surface area contributed by atoms with Crippen molar-refractivity contribution < 1.29 is 9.59 Å². The third-order valence-corrected chi connectivity index (χ3v) is 1.84. The molecule has 1 aliphatic rings. The molecule has 1 rings (SSSR count). The summed E-state index contributed by atoms with van der Waals surface area (Å²) >= 11 is 0. The fourth-order valence-corrected chi connectivity index (χ4v) is 1.07. The van der Waals surface area contributed by atoms with Crippen LogP contribution in [0.4, 0.5) is 4.79 Å². The largest absolute Gasteiger partial charge is 0.346 e. The molecule has 1 heterocycles. The van der Waals surface area contributed by atoms with Crippen molar-refractivity contribution in [2.75, 3.05) is 13.1 Å². The van der Waals surface area contributed by atoms with E-state index in [9.17, 15) is 9.59 Å². The van der Waals surface area contributed by atoms with Crippen molar-refractivity contribution in [3.63, 3.8) is 0 Å². The molecule has 6 nitrogen and oxygen atoms in total. The Kier molecular flexibility index (Phi) is 6.68. The van der Waals surface area contributed by atoms with Gasteiger partial charge in [0.1, 0.15) is 6.54 Å². The van der Waals surface area contributed by atoms with E-state index in [4.69, 9.17) is 0 Å². The zero-order valence-corrected chi connectivity index (χ0v) is 9.69. The lowest BCUT2D eigenvalue weighted by Crippen LogP contribution is -2.39. The summed E-state index contributed by atoms with van der Waals surface area (Å²) in [4.78, 5) is 22.2. The summed E-state index contributed by atoms with van der Waals surface area (Å²) in [5.41, 5.74) is 0. The molecule has 0 bridgehead atoms. The molecule has 7 heteroatoms. The van der Waals surface area contributed by atoms with E-state index in [2.05, 4.69) is 22.6 Å². The maximum atomic E-state index is 11.3. The number of carbonyl (C=O) groups excluding carboxylic acids is 2. The van der Waals surface area contributed by atoms with Gasteiger partial charge in [-0.2, -0.15) is 18.6 Å². The van der Waals surface area contributed by atoms with Crippen LogP contribution in [0.1, 0.15) is 26.2 Å². The summed E-state index contributed by atoms with van der Waals surface area (Å²) in [5, 5.41) is 10.2. The van der Waals surface area contributed by atoms with E-state index < -0.39 is 6.03 Å². The van der Waals surface area contributed by atoms with E-state index in [-0.39, 0.29) is 25.9 Å². The molecule has 0 spiro atoms. The quantitative estimate of drug-likeness (QED) is 0.740. The number of hydrogen-bond acceptors (Lipinski definition) is 4. The summed E-state index contributed by atoms with van der Waals surface area (Å²) in [5.74, 6) is -0.377. The zero-order valence-electron chi connectivity index (χ0n) is 8.69. The predicted octanol–water partition coefficient (Wildman–Crippen LogP) is 1.21. The highest BCUT2D eigenvalue weighted by atomic mass is 32.1. The molecule has 0 aromatic heterocycles. The minimum Gasteiger partial charge on any atom is -0.336 e. The normalized spacial score (nSPS) is 13.9. The van der Waals surface area contributed by atoms with Crippen LogP contribution in [0.15, 0.2) is 10.3 Å². The second-order valence-electron chi connectivity index (χ2n) is 3.03. The fraction of sp³-hybridized carbons (Fsp3) is 0.750. The van der Waals surface area contributed by atoms with Gasteiger partial charge in [-0.15, -0.1) is 5.01 Å². The molecule has 0 unspecified atom stereocenters. The molecule has 1 N–H and O–H groups in total. The van der Waals surface area contributed by atoms with Gasteiger partial charge in [0, 0.05) is 6.54 Å². The minimum atomic E-state index is -0.479. The highest BCUT2D eigenvalue weighted by Gasteiger charge is 2.24. The van der Waals surface area contributed by atoms with Crippen molar-refractivity contribution in [2.45, 2.75) is 26.2 Å². The molecular formula is C8H16N4O2S. The van der Waals surface area contributed by atoms with Gasteiger partial charge >= 0.3 is 6.03 Å². The number of imide groups is 1. The van der Waals surface area contributed by atoms with Crippen molar-refractivity contribution in [1.29, 1.82) is 0 Å². The van der Waals surface area contributed by atoms with Gasteiger partial charge in [-0.25, -0.2) is 4.79 Å². The molecule has 3 amide bonds. The maximum absolute atomic E-state index is 11.3. The maximum Gasteiger partial charge on any atom is 0.346 e. The second kappa shape index (κ2) is 7.22. The number of nitrogens with one attached hydrogen (secondary N) is 1. The Hall–Kier alpha value is -1.11. The van der Waals surface area contributed by atoms with E-state index in [1.165, 1.54) is 0 Å². The molecule has 0 saturated heterocycles. The molecule has 0 aliphatic carbocycles. The van der Waals surface area contributed by atoms with Crippen molar-refractivity contribution in [3.8, 4) is 0 Å². The fourth-order valence-electron chi connectivity index (χ4n) is 1.07. The third kappa shape index (κ3) is 4.28. The molecule has 15 heavy (non-hydrogen) atoms. The first-order chi connectivity index (χ1) is 6.75. The molecule has 86 valence electrons. The number of hydrogen-bond donors (Lipinski definition) is 1. The van der Waals surface area contributed by atoms with Crippen molar-refractivity contribution in [1.82, 2.24) is 10.3 Å². The van der Waals surface area contributed by atoms with Crippen LogP contribution < -0.4 is 5.32 Å². The van der Waals surface area contributed by atoms with Crippen LogP contribution in [0.25, 0.3) is 0 Å². The Morgan fingerprint density at radius 1 is 1.53 bits per heavy atom. The van der Waals surface area contributed by atoms with Crippen molar-refractivity contribution in [3.05, 3.63) is 0 Å². The lowest BCUT2D eigenvalue weighted by Gasteiger charge is -2.09. The average molecular weight is 232 g/mol. The summed E-state index contributed by atoms with van der Waals surface area (Å²) in [6.45, 7) is 2.63. The zero-order chi connectivity index (χ0) is 10.4. The monoisotopic (exact) mass is 232 g/mol. The SMILES string of the molecule is CCCCCNC(=O)N1N=NCC1=O.S. The average Bonchev–Trinajstić information content (AvgIpc) is 2.59. The summed E-state index contributed by atoms with van der Waals surface area (Å²) in [6, 6.07) is -0.479. The van der Waals surface area contributed by atoms with Crippen LogP contribution in [-0.2, 0) is 4.79 Å². The first kappa shape index (κ1) is 13.9. The topological polar surface area (TPSA) is 74.1 Å². The second-order valence-corrected chi connectivity index (χ2v) is 3.03. The summed E-state index contributed by atoms with van der Waals surface area (Å²) in [7, 11) is 0. The first-order valence-corrected chi connectivity index (χ1v) is 4.74. The van der Waals surface area contributed by atoms with Gasteiger partial charge in [0.05, 0.1) is 0 Å². The predicted molar refractivity (Wildman–Crippen MR) is 59.9 cm³/mol. The van der Waals surface area contributed by atoms with Gasteiger partial charge in [-0.1, -0.05) is 25.0 Å². The van der Waals surface area contributed by atoms with E-state index in [0.29, 0.717) is 6.54 Å². The smallest absolute Gasteiger partial charge is 0.336 e. The number of amides is 3. The number of nitrogens with zero attached hydrogens (tertiary/aromatic N) is 3. The van der Waals surface area contributed by atoms with Crippen LogP contribution in [0, 0.1) is 0 Å². The van der Waals surface area contributed by atoms with Crippen LogP contribution >= 0.6 is 13.5 Å². The Morgan fingerprint density at radius 2 is 2.27 bits per heavy atom. The molecular weight excluding hydrogens is 216 g/mol. The van der Waals surface area contributed by atoms with Crippen LogP contribution in [0.2, 0.25) is 0 Å². The van der Waals surface area contributed by atoms with Gasteiger partial charge in [0.15, 0.2) is 0 Å². The molecule has 0 atom stereocenters. The van der Waals surface area contributed by atoms with Gasteiger partial charge in [-0.3, -0.25) is 4.79 Å². The van der Waals surface area contributed by atoms with E-state index in [1.54, 1.807) is 0 Å². The van der Waals surface area contributed by atoms with Gasteiger partial charge < -0.3 is 5.32 Å². The highest BCUT2D eigenvalue weighted by molar-refractivity contribution is 7.59. The Morgan fingerprint density at radius 3 is 2.80 bits per heavy atom. The highest BCUT2D eigenvalue weighted by Crippen LogP contribution is 2.02. The van der Waals surface area contributed by atoms with Gasteiger partial charge in [0.25, 0.3) is 5.91 Å². The molecule has 0 aromatic rings. The van der Waals surface area contributed by atoms with E-state index >= 15 is 0 Å². The number of urea groups is 1. The van der Waals surface area contributed by atoms with Crippen LogP contribution in [0.3, 0.4) is 0 Å². The van der Waals surface area contributed by atoms with Crippen molar-refractivity contribution >= 4 is 25.4 Å². The van der Waals surface area contributed by atoms with E-state index in [1.807, 2.05) is 0 Å². The van der Waals surface area contributed by atoms with Crippen LogP contribution in [0.5, 0.6) is 0 Å². The first-order valence-electron chi connectivity index (χ1n) is 4.74. The molecule has 0 radical (unpaired) electrons. The summed E-state index contributed by atoms with van der Waals surface area (Å²) < 4.78 is 0. The Balaban J connectivity index is 0.00000196.